The predicted octanol–water partition coefficient (Wildman–Crippen LogP) is 4.95. The Kier molecular flexibility index (Phi) is 4.94. The molecule has 4 rings (SSSR count). The first-order chi connectivity index (χ1) is 13.7. The molecule has 1 aromatic carbocycles. The molecule has 0 spiro atoms. The van der Waals surface area contributed by atoms with Gasteiger partial charge in [0.2, 0.25) is 5.91 Å². The Balaban J connectivity index is 1.51. The number of amides is 1. The van der Waals surface area contributed by atoms with E-state index in [1.54, 1.807) is 16.5 Å². The summed E-state index contributed by atoms with van der Waals surface area (Å²) >= 11 is 1.31. The number of halogens is 3. The Morgan fingerprint density at radius 1 is 1.17 bits per heavy atom. The van der Waals surface area contributed by atoms with Crippen LogP contribution >= 0.6 is 11.3 Å². The van der Waals surface area contributed by atoms with Gasteiger partial charge < -0.3 is 0 Å². The van der Waals surface area contributed by atoms with E-state index in [1.165, 1.54) is 23.5 Å². The molecule has 2 aromatic heterocycles. The van der Waals surface area contributed by atoms with Gasteiger partial charge >= 0.3 is 6.18 Å². The first kappa shape index (κ1) is 19.6. The zero-order chi connectivity index (χ0) is 20.8. The number of benzene rings is 1. The van der Waals surface area contributed by atoms with E-state index in [0.717, 1.165) is 24.4 Å². The van der Waals surface area contributed by atoms with Crippen LogP contribution in [0.25, 0.3) is 10.6 Å². The van der Waals surface area contributed by atoms with Crippen LogP contribution in [0.3, 0.4) is 0 Å². The lowest BCUT2D eigenvalue weighted by atomic mass is 10.0. The van der Waals surface area contributed by atoms with Crippen molar-refractivity contribution >= 4 is 23.1 Å². The molecule has 0 saturated carbocycles. The third-order valence-electron chi connectivity index (χ3n) is 5.05. The summed E-state index contributed by atoms with van der Waals surface area (Å²) in [5.74, 6) is 0.704. The lowest BCUT2D eigenvalue weighted by molar-refractivity contribution is -0.137. The third-order valence-corrected chi connectivity index (χ3v) is 5.99. The number of hydrogen-bond acceptors (Lipinski definition) is 4. The molecular weight excluding hydrogens is 401 g/mol. The van der Waals surface area contributed by atoms with Gasteiger partial charge in [-0.25, -0.2) is 9.67 Å². The fraction of sp³-hybridized carbons (Fsp3) is 0.350. The largest absolute Gasteiger partial charge is 0.416 e. The number of carbonyl (C=O) groups excluding carboxylic acids is 1. The topological polar surface area (TPSA) is 51.0 Å². The number of hydrogen-bond donors (Lipinski definition) is 0. The van der Waals surface area contributed by atoms with Crippen LogP contribution in [-0.2, 0) is 17.4 Å². The maximum Gasteiger partial charge on any atom is 0.416 e. The SMILES string of the molecule is CC1CC(C)n2nccc2N1C(=O)Cc1csc(-c2ccc(C(F)(F)F)cc2)n1. The molecule has 0 bridgehead atoms. The number of alkyl halides is 3. The van der Waals surface area contributed by atoms with Gasteiger partial charge in [0, 0.05) is 23.1 Å². The second-order valence-corrected chi connectivity index (χ2v) is 8.09. The van der Waals surface area contributed by atoms with Crippen molar-refractivity contribution in [2.45, 2.75) is 44.9 Å². The molecular formula is C20H19F3N4OS. The van der Waals surface area contributed by atoms with Gasteiger partial charge in [-0.1, -0.05) is 12.1 Å². The standard InChI is InChI=1S/C20H19F3N4OS/c1-12-9-13(2)27-17(7-8-24-27)26(12)18(28)10-16-11-29-19(25-16)14-3-5-15(6-4-14)20(21,22)23/h3-8,11-13H,9-10H2,1-2H3. The van der Waals surface area contributed by atoms with Crippen molar-refractivity contribution in [3.8, 4) is 10.6 Å². The maximum absolute atomic E-state index is 13.0. The Hall–Kier alpha value is -2.68. The van der Waals surface area contributed by atoms with Crippen molar-refractivity contribution < 1.29 is 18.0 Å². The van der Waals surface area contributed by atoms with Gasteiger partial charge in [-0.05, 0) is 32.4 Å². The van der Waals surface area contributed by atoms with Gasteiger partial charge in [0.25, 0.3) is 0 Å². The Labute approximate surface area is 169 Å². The summed E-state index contributed by atoms with van der Waals surface area (Å²) in [4.78, 5) is 19.2. The van der Waals surface area contributed by atoms with Crippen LogP contribution in [0.5, 0.6) is 0 Å². The van der Waals surface area contributed by atoms with Crippen LogP contribution in [0.2, 0.25) is 0 Å². The number of anilines is 1. The van der Waals surface area contributed by atoms with Crippen LogP contribution in [-0.4, -0.2) is 26.7 Å². The average molecular weight is 420 g/mol. The highest BCUT2D eigenvalue weighted by molar-refractivity contribution is 7.13. The van der Waals surface area contributed by atoms with Gasteiger partial charge in [-0.3, -0.25) is 9.69 Å². The van der Waals surface area contributed by atoms with Gasteiger partial charge in [-0.15, -0.1) is 11.3 Å². The number of aromatic nitrogens is 3. The van der Waals surface area contributed by atoms with Crippen LogP contribution in [0.15, 0.2) is 41.9 Å². The van der Waals surface area contributed by atoms with E-state index in [1.807, 2.05) is 17.7 Å². The molecule has 3 aromatic rings. The van der Waals surface area contributed by atoms with Gasteiger partial charge in [0.1, 0.15) is 10.8 Å². The fourth-order valence-electron chi connectivity index (χ4n) is 3.70. The fourth-order valence-corrected chi connectivity index (χ4v) is 4.52. The highest BCUT2D eigenvalue weighted by Gasteiger charge is 2.33. The normalized spacial score (nSPS) is 19.3. The number of fused-ring (bicyclic) bond motifs is 1. The van der Waals surface area contributed by atoms with Crippen molar-refractivity contribution in [1.82, 2.24) is 14.8 Å². The molecule has 29 heavy (non-hydrogen) atoms. The first-order valence-corrected chi connectivity index (χ1v) is 10.1. The van der Waals surface area contributed by atoms with Crippen molar-refractivity contribution in [2.75, 3.05) is 4.90 Å². The number of carbonyl (C=O) groups is 1. The van der Waals surface area contributed by atoms with Gasteiger partial charge in [-0.2, -0.15) is 18.3 Å². The zero-order valence-corrected chi connectivity index (χ0v) is 16.7. The van der Waals surface area contributed by atoms with Crippen LogP contribution in [0, 0.1) is 0 Å². The van der Waals surface area contributed by atoms with E-state index in [-0.39, 0.29) is 24.4 Å². The second-order valence-electron chi connectivity index (χ2n) is 7.23. The summed E-state index contributed by atoms with van der Waals surface area (Å²) in [6.45, 7) is 4.09. The maximum atomic E-state index is 13.0. The molecule has 0 fully saturated rings. The summed E-state index contributed by atoms with van der Waals surface area (Å²) in [5, 5.41) is 6.68. The van der Waals surface area contributed by atoms with Gasteiger partial charge in [0.15, 0.2) is 0 Å². The van der Waals surface area contributed by atoms with Gasteiger partial charge in [0.05, 0.1) is 29.9 Å². The highest BCUT2D eigenvalue weighted by atomic mass is 32.1. The Morgan fingerprint density at radius 2 is 1.90 bits per heavy atom. The molecule has 152 valence electrons. The van der Waals surface area contributed by atoms with E-state index < -0.39 is 11.7 Å². The summed E-state index contributed by atoms with van der Waals surface area (Å²) in [6, 6.07) is 7.00. The molecule has 0 N–H and O–H groups in total. The van der Waals surface area contributed by atoms with E-state index in [9.17, 15) is 18.0 Å². The zero-order valence-electron chi connectivity index (χ0n) is 15.8. The molecule has 2 atom stereocenters. The van der Waals surface area contributed by atoms with Crippen LogP contribution in [0.1, 0.15) is 37.6 Å². The van der Waals surface area contributed by atoms with Crippen molar-refractivity contribution in [3.63, 3.8) is 0 Å². The molecule has 1 amide bonds. The molecule has 0 aliphatic carbocycles. The van der Waals surface area contributed by atoms with E-state index in [2.05, 4.69) is 17.0 Å². The van der Waals surface area contributed by atoms with Crippen LogP contribution < -0.4 is 4.90 Å². The smallest absolute Gasteiger partial charge is 0.294 e. The van der Waals surface area contributed by atoms with Crippen molar-refractivity contribution in [2.24, 2.45) is 0 Å². The second kappa shape index (κ2) is 7.29. The molecule has 0 saturated heterocycles. The Bertz CT molecular complexity index is 1030. The minimum Gasteiger partial charge on any atom is -0.294 e. The van der Waals surface area contributed by atoms with E-state index in [0.29, 0.717) is 16.3 Å². The van der Waals surface area contributed by atoms with E-state index in [4.69, 9.17) is 0 Å². The van der Waals surface area contributed by atoms with Crippen molar-refractivity contribution in [1.29, 1.82) is 0 Å². The molecule has 5 nitrogen and oxygen atoms in total. The average Bonchev–Trinajstić information content (AvgIpc) is 3.31. The number of nitrogens with zero attached hydrogens (tertiary/aromatic N) is 4. The molecule has 1 aliphatic heterocycles. The number of thiazole rings is 1. The molecule has 0 radical (unpaired) electrons. The molecule has 3 heterocycles. The monoisotopic (exact) mass is 420 g/mol. The Morgan fingerprint density at radius 3 is 2.59 bits per heavy atom. The minimum atomic E-state index is -4.37. The summed E-state index contributed by atoms with van der Waals surface area (Å²) in [7, 11) is 0. The first-order valence-electron chi connectivity index (χ1n) is 9.21. The third kappa shape index (κ3) is 3.78. The quantitative estimate of drug-likeness (QED) is 0.602. The van der Waals surface area contributed by atoms with E-state index >= 15 is 0 Å². The lowest BCUT2D eigenvalue weighted by Gasteiger charge is -2.36. The number of rotatable bonds is 3. The lowest BCUT2D eigenvalue weighted by Crippen LogP contribution is -2.45. The minimum absolute atomic E-state index is 0.0507. The highest BCUT2D eigenvalue weighted by Crippen LogP contribution is 2.33. The summed E-state index contributed by atoms with van der Waals surface area (Å²) in [6.07, 6.45) is -1.74. The summed E-state index contributed by atoms with van der Waals surface area (Å²) < 4.78 is 40.0. The summed E-state index contributed by atoms with van der Waals surface area (Å²) in [5.41, 5.74) is 0.504. The van der Waals surface area contributed by atoms with Crippen molar-refractivity contribution in [3.05, 3.63) is 53.2 Å². The molecule has 9 heteroatoms. The van der Waals surface area contributed by atoms with Crippen LogP contribution in [0.4, 0.5) is 19.0 Å². The predicted molar refractivity (Wildman–Crippen MR) is 105 cm³/mol. The molecule has 1 aliphatic rings. The molecule has 2 unspecified atom stereocenters.